The first-order chi connectivity index (χ1) is 8.24. The van der Waals surface area contributed by atoms with Gasteiger partial charge in [-0.1, -0.05) is 12.1 Å². The summed E-state index contributed by atoms with van der Waals surface area (Å²) in [6.45, 7) is 2.54. The van der Waals surface area contributed by atoms with E-state index in [1.165, 1.54) is 9.13 Å². The molecule has 1 aliphatic heterocycles. The van der Waals surface area contributed by atoms with Crippen LogP contribution in [0.5, 0.6) is 0 Å². The van der Waals surface area contributed by atoms with Crippen LogP contribution in [0.2, 0.25) is 0 Å². The normalized spacial score (nSPS) is 24.1. The highest BCUT2D eigenvalue weighted by Gasteiger charge is 2.33. The van der Waals surface area contributed by atoms with Gasteiger partial charge in [0.2, 0.25) is 0 Å². The summed E-state index contributed by atoms with van der Waals surface area (Å²) in [5, 5.41) is 12.7. The molecule has 2 N–H and O–H groups in total. The Labute approximate surface area is 116 Å². The zero-order chi connectivity index (χ0) is 12.1. The first-order valence-corrected chi connectivity index (χ1v) is 7.00. The van der Waals surface area contributed by atoms with Gasteiger partial charge in [-0.05, 0) is 53.1 Å². The van der Waals surface area contributed by atoms with E-state index in [4.69, 9.17) is 9.84 Å². The maximum absolute atomic E-state index is 9.14. The smallest absolute Gasteiger partial charge is 0.0650 e. The summed E-state index contributed by atoms with van der Waals surface area (Å²) < 4.78 is 6.70. The fourth-order valence-electron chi connectivity index (χ4n) is 2.18. The van der Waals surface area contributed by atoms with Crippen LogP contribution in [0.4, 0.5) is 0 Å². The van der Waals surface area contributed by atoms with E-state index in [1.807, 2.05) is 0 Å². The van der Waals surface area contributed by atoms with E-state index < -0.39 is 0 Å². The van der Waals surface area contributed by atoms with Crippen LogP contribution < -0.4 is 5.32 Å². The van der Waals surface area contributed by atoms with Gasteiger partial charge in [0.05, 0.1) is 6.61 Å². The molecule has 1 aromatic carbocycles. The van der Waals surface area contributed by atoms with Gasteiger partial charge in [-0.3, -0.25) is 0 Å². The molecule has 2 rings (SSSR count). The summed E-state index contributed by atoms with van der Waals surface area (Å²) in [5.74, 6) is 0. The molecule has 1 aromatic rings. The van der Waals surface area contributed by atoms with Gasteiger partial charge in [0, 0.05) is 28.9 Å². The van der Waals surface area contributed by atoms with Crippen LogP contribution in [0.1, 0.15) is 18.4 Å². The Hall–Kier alpha value is -0.170. The summed E-state index contributed by atoms with van der Waals surface area (Å²) in [7, 11) is 0. The van der Waals surface area contributed by atoms with Crippen LogP contribution in [-0.4, -0.2) is 30.5 Å². The average Bonchev–Trinajstić information content (AvgIpc) is 2.76. The van der Waals surface area contributed by atoms with Crippen molar-refractivity contribution in [1.29, 1.82) is 0 Å². The summed E-state index contributed by atoms with van der Waals surface area (Å²) in [6, 6.07) is 8.46. The fourth-order valence-corrected chi connectivity index (χ4v) is 2.79. The lowest BCUT2D eigenvalue weighted by Gasteiger charge is -2.28. The van der Waals surface area contributed by atoms with E-state index in [0.29, 0.717) is 6.61 Å². The van der Waals surface area contributed by atoms with Gasteiger partial charge in [-0.15, -0.1) is 0 Å². The SMILES string of the molecule is OCC[C@]1(NCc2cccc(I)c2)CCOC1. The number of aliphatic hydroxyl groups excluding tert-OH is 1. The molecular formula is C13H18INO2. The van der Waals surface area contributed by atoms with Crippen LogP contribution in [0, 0.1) is 3.57 Å². The van der Waals surface area contributed by atoms with Gasteiger partial charge in [0.25, 0.3) is 0 Å². The van der Waals surface area contributed by atoms with Crippen molar-refractivity contribution in [2.75, 3.05) is 19.8 Å². The Morgan fingerprint density at radius 2 is 2.35 bits per heavy atom. The summed E-state index contributed by atoms with van der Waals surface area (Å²) in [4.78, 5) is 0. The number of halogens is 1. The molecule has 0 aliphatic carbocycles. The lowest BCUT2D eigenvalue weighted by molar-refractivity contribution is 0.146. The standard InChI is InChI=1S/C13H18INO2/c14-12-3-1-2-11(8-12)9-15-13(4-6-16)5-7-17-10-13/h1-3,8,15-16H,4-7,9-10H2/t13-/m0/s1. The maximum atomic E-state index is 9.14. The third kappa shape index (κ3) is 3.64. The number of aliphatic hydroxyl groups is 1. The van der Waals surface area contributed by atoms with E-state index >= 15 is 0 Å². The quantitative estimate of drug-likeness (QED) is 0.800. The zero-order valence-electron chi connectivity index (χ0n) is 9.79. The highest BCUT2D eigenvalue weighted by molar-refractivity contribution is 14.1. The second-order valence-electron chi connectivity index (χ2n) is 4.54. The minimum absolute atomic E-state index is 0.0317. The molecule has 0 spiro atoms. The second-order valence-corrected chi connectivity index (χ2v) is 5.79. The van der Waals surface area contributed by atoms with Crippen LogP contribution >= 0.6 is 22.6 Å². The molecule has 1 heterocycles. The van der Waals surface area contributed by atoms with Gasteiger partial charge in [-0.25, -0.2) is 0 Å². The average molecular weight is 347 g/mol. The first-order valence-electron chi connectivity index (χ1n) is 5.92. The largest absolute Gasteiger partial charge is 0.396 e. The van der Waals surface area contributed by atoms with E-state index in [2.05, 4.69) is 52.2 Å². The highest BCUT2D eigenvalue weighted by Crippen LogP contribution is 2.23. The van der Waals surface area contributed by atoms with Gasteiger partial charge in [0.15, 0.2) is 0 Å². The molecule has 1 atom stereocenters. The third-order valence-corrected chi connectivity index (χ3v) is 3.92. The molecule has 0 bridgehead atoms. The van der Waals surface area contributed by atoms with Crippen molar-refractivity contribution < 1.29 is 9.84 Å². The lowest BCUT2D eigenvalue weighted by atomic mass is 9.94. The molecule has 0 amide bonds. The molecule has 4 heteroatoms. The first kappa shape index (κ1) is 13.3. The van der Waals surface area contributed by atoms with Crippen molar-refractivity contribution in [3.8, 4) is 0 Å². The van der Waals surface area contributed by atoms with Gasteiger partial charge < -0.3 is 15.2 Å². The minimum Gasteiger partial charge on any atom is -0.396 e. The minimum atomic E-state index is -0.0317. The van der Waals surface area contributed by atoms with Crippen molar-refractivity contribution in [2.45, 2.75) is 24.9 Å². The van der Waals surface area contributed by atoms with Crippen LogP contribution in [0.25, 0.3) is 0 Å². The van der Waals surface area contributed by atoms with Crippen molar-refractivity contribution in [3.05, 3.63) is 33.4 Å². The highest BCUT2D eigenvalue weighted by atomic mass is 127. The van der Waals surface area contributed by atoms with Gasteiger partial charge in [0.1, 0.15) is 0 Å². The fraction of sp³-hybridized carbons (Fsp3) is 0.538. The van der Waals surface area contributed by atoms with Crippen molar-refractivity contribution in [2.24, 2.45) is 0 Å². The molecule has 0 unspecified atom stereocenters. The Bertz CT molecular complexity index is 364. The Balaban J connectivity index is 1.95. The van der Waals surface area contributed by atoms with Crippen molar-refractivity contribution in [3.63, 3.8) is 0 Å². The van der Waals surface area contributed by atoms with Crippen LogP contribution in [0.15, 0.2) is 24.3 Å². The lowest BCUT2D eigenvalue weighted by Crippen LogP contribution is -2.46. The summed E-state index contributed by atoms with van der Waals surface area (Å²) >= 11 is 2.32. The predicted molar refractivity (Wildman–Crippen MR) is 75.9 cm³/mol. The van der Waals surface area contributed by atoms with E-state index in [9.17, 15) is 0 Å². The molecule has 0 saturated carbocycles. The molecule has 94 valence electrons. The number of hydrogen-bond acceptors (Lipinski definition) is 3. The molecular weight excluding hydrogens is 329 g/mol. The van der Waals surface area contributed by atoms with Gasteiger partial charge in [-0.2, -0.15) is 0 Å². The Kier molecular flexibility index (Phi) is 4.78. The third-order valence-electron chi connectivity index (χ3n) is 3.25. The monoisotopic (exact) mass is 347 g/mol. The number of nitrogens with one attached hydrogen (secondary N) is 1. The maximum Gasteiger partial charge on any atom is 0.0650 e. The van der Waals surface area contributed by atoms with Crippen LogP contribution in [0.3, 0.4) is 0 Å². The molecule has 0 radical (unpaired) electrons. The predicted octanol–water partition coefficient (Wildman–Crippen LogP) is 1.92. The summed E-state index contributed by atoms with van der Waals surface area (Å²) in [5.41, 5.74) is 1.25. The zero-order valence-corrected chi connectivity index (χ0v) is 11.9. The number of benzene rings is 1. The number of hydrogen-bond donors (Lipinski definition) is 2. The Morgan fingerprint density at radius 3 is 3.00 bits per heavy atom. The topological polar surface area (TPSA) is 41.5 Å². The summed E-state index contributed by atoms with van der Waals surface area (Å²) in [6.07, 6.45) is 1.74. The number of rotatable bonds is 5. The molecule has 17 heavy (non-hydrogen) atoms. The Morgan fingerprint density at radius 1 is 1.47 bits per heavy atom. The second kappa shape index (κ2) is 6.13. The molecule has 3 nitrogen and oxygen atoms in total. The van der Waals surface area contributed by atoms with Gasteiger partial charge >= 0.3 is 0 Å². The molecule has 0 aromatic heterocycles. The number of ether oxygens (including phenoxy) is 1. The van der Waals surface area contributed by atoms with E-state index in [-0.39, 0.29) is 12.1 Å². The van der Waals surface area contributed by atoms with E-state index in [0.717, 1.165) is 26.0 Å². The molecule has 1 saturated heterocycles. The van der Waals surface area contributed by atoms with Crippen molar-refractivity contribution in [1.82, 2.24) is 5.32 Å². The van der Waals surface area contributed by atoms with Crippen molar-refractivity contribution >= 4 is 22.6 Å². The molecule has 1 aliphatic rings. The van der Waals surface area contributed by atoms with Crippen LogP contribution in [-0.2, 0) is 11.3 Å². The van der Waals surface area contributed by atoms with E-state index in [1.54, 1.807) is 0 Å². The molecule has 1 fully saturated rings.